The average molecular weight is 523 g/mol. The van der Waals surface area contributed by atoms with Gasteiger partial charge in [-0.2, -0.15) is 0 Å². The van der Waals surface area contributed by atoms with Crippen molar-refractivity contribution in [1.82, 2.24) is 0 Å². The zero-order chi connectivity index (χ0) is 24.3. The molecule has 0 aliphatic carbocycles. The summed E-state index contributed by atoms with van der Waals surface area (Å²) in [5, 5.41) is 0.117. The summed E-state index contributed by atoms with van der Waals surface area (Å²) >= 11 is 3.33. The van der Waals surface area contributed by atoms with E-state index in [1.54, 1.807) is 91.0 Å². The Morgan fingerprint density at radius 3 is 1.44 bits per heavy atom. The molecule has 0 aliphatic heterocycles. The van der Waals surface area contributed by atoms with Gasteiger partial charge in [0.1, 0.15) is 0 Å². The van der Waals surface area contributed by atoms with Gasteiger partial charge in [-0.15, -0.1) is 0 Å². The summed E-state index contributed by atoms with van der Waals surface area (Å²) in [6.45, 7) is 3.74. The fourth-order valence-electron chi connectivity index (χ4n) is 3.10. The van der Waals surface area contributed by atoms with Crippen LogP contribution in [0.5, 0.6) is 0 Å². The Morgan fingerprint density at radius 2 is 1.06 bits per heavy atom. The van der Waals surface area contributed by atoms with Gasteiger partial charge in [-0.1, -0.05) is 77.1 Å². The van der Waals surface area contributed by atoms with Gasteiger partial charge < -0.3 is 14.2 Å². The highest BCUT2D eigenvalue weighted by Gasteiger charge is 2.37. The molecule has 174 valence electrons. The first-order valence-electron chi connectivity index (χ1n) is 10.5. The van der Waals surface area contributed by atoms with Gasteiger partial charge in [-0.05, 0) is 42.5 Å². The number of rotatable bonds is 10. The second-order valence-corrected chi connectivity index (χ2v) is 7.82. The molecule has 3 aromatic carbocycles. The van der Waals surface area contributed by atoms with Crippen molar-refractivity contribution in [3.63, 3.8) is 0 Å². The maximum atomic E-state index is 12.9. The molecule has 3 atom stereocenters. The summed E-state index contributed by atoms with van der Waals surface area (Å²) in [4.78, 5) is 38.3. The molecule has 0 heterocycles. The van der Waals surface area contributed by atoms with Crippen LogP contribution in [0.15, 0.2) is 104 Å². The summed E-state index contributed by atoms with van der Waals surface area (Å²) in [5.74, 6) is -1.90. The van der Waals surface area contributed by atoms with Crippen molar-refractivity contribution in [2.24, 2.45) is 0 Å². The van der Waals surface area contributed by atoms with Crippen molar-refractivity contribution in [2.45, 2.75) is 18.3 Å². The molecule has 0 amide bonds. The molecule has 3 aromatic rings. The monoisotopic (exact) mass is 522 g/mol. The highest BCUT2D eigenvalue weighted by Crippen LogP contribution is 2.20. The second kappa shape index (κ2) is 12.5. The molecule has 0 unspecified atom stereocenters. The fourth-order valence-corrected chi connectivity index (χ4v) is 3.60. The summed E-state index contributed by atoms with van der Waals surface area (Å²) in [5.41, 5.74) is 0.949. The van der Waals surface area contributed by atoms with Crippen LogP contribution in [0.1, 0.15) is 31.1 Å². The van der Waals surface area contributed by atoms with Gasteiger partial charge in [-0.3, -0.25) is 0 Å². The van der Waals surface area contributed by atoms with Gasteiger partial charge in [0, 0.05) is 5.33 Å². The molecule has 0 saturated heterocycles. The Hall–Kier alpha value is -3.71. The highest BCUT2D eigenvalue weighted by atomic mass is 79.9. The van der Waals surface area contributed by atoms with E-state index in [-0.39, 0.29) is 5.33 Å². The number of carbonyl (C=O) groups is 3. The lowest BCUT2D eigenvalue weighted by Crippen LogP contribution is -2.45. The molecule has 0 N–H and O–H groups in total. The minimum Gasteiger partial charge on any atom is -0.454 e. The third-order valence-corrected chi connectivity index (χ3v) is 5.49. The summed E-state index contributed by atoms with van der Waals surface area (Å²) in [6, 6.07) is 25.2. The van der Waals surface area contributed by atoms with Crippen molar-refractivity contribution in [1.29, 1.82) is 0 Å². The van der Waals surface area contributed by atoms with Crippen molar-refractivity contribution in [3.8, 4) is 0 Å². The van der Waals surface area contributed by atoms with E-state index in [4.69, 9.17) is 14.2 Å². The molecule has 0 aromatic heterocycles. The average Bonchev–Trinajstić information content (AvgIpc) is 2.90. The lowest BCUT2D eigenvalue weighted by atomic mass is 10.1. The molecule has 0 saturated carbocycles. The number of alkyl halides is 1. The smallest absolute Gasteiger partial charge is 0.338 e. The summed E-state index contributed by atoms with van der Waals surface area (Å²) in [6.07, 6.45) is -1.89. The topological polar surface area (TPSA) is 78.9 Å². The molecule has 0 bridgehead atoms. The zero-order valence-electron chi connectivity index (χ0n) is 18.2. The van der Waals surface area contributed by atoms with E-state index in [9.17, 15) is 14.4 Å². The Morgan fingerprint density at radius 1 is 0.676 bits per heavy atom. The van der Waals surface area contributed by atoms with Crippen molar-refractivity contribution >= 4 is 33.8 Å². The second-order valence-electron chi connectivity index (χ2n) is 7.17. The Bertz CT molecular complexity index is 1100. The van der Waals surface area contributed by atoms with Gasteiger partial charge >= 0.3 is 17.9 Å². The molecular formula is C27H23BrO6. The van der Waals surface area contributed by atoms with Crippen molar-refractivity contribution in [2.75, 3.05) is 5.33 Å². The minimum atomic E-state index is -1.16. The summed E-state index contributed by atoms with van der Waals surface area (Å²) < 4.78 is 17.0. The third kappa shape index (κ3) is 6.65. The van der Waals surface area contributed by atoms with E-state index in [0.717, 1.165) is 0 Å². The molecular weight excluding hydrogens is 500 g/mol. The number of halogens is 1. The van der Waals surface area contributed by atoms with E-state index in [1.165, 1.54) is 6.08 Å². The van der Waals surface area contributed by atoms with Crippen LogP contribution in [-0.2, 0) is 14.2 Å². The van der Waals surface area contributed by atoms with Crippen LogP contribution >= 0.6 is 15.9 Å². The molecule has 3 rings (SSSR count). The van der Waals surface area contributed by atoms with E-state index >= 15 is 0 Å². The number of esters is 3. The standard InChI is InChI=1S/C27H23BrO6/c1-2-22(32-25(29)19-12-6-3-7-13-19)24(34-27(31)21-16-10-5-11-17-21)23(18-28)33-26(30)20-14-8-4-9-15-20/h2-17,22-24H,1,18H2/t22-,23-,24+/m1/s1. The number of hydrogen-bond donors (Lipinski definition) is 0. The molecule has 7 heteroatoms. The van der Waals surface area contributed by atoms with E-state index in [0.29, 0.717) is 16.7 Å². The number of hydrogen-bond acceptors (Lipinski definition) is 6. The largest absolute Gasteiger partial charge is 0.454 e. The van der Waals surface area contributed by atoms with E-state index in [2.05, 4.69) is 22.5 Å². The molecule has 0 spiro atoms. The quantitative estimate of drug-likeness (QED) is 0.157. The zero-order valence-corrected chi connectivity index (χ0v) is 19.8. The molecule has 0 fully saturated rings. The van der Waals surface area contributed by atoms with Gasteiger partial charge in [0.15, 0.2) is 18.3 Å². The first kappa shape index (κ1) is 24.9. The normalized spacial score (nSPS) is 13.1. The van der Waals surface area contributed by atoms with Gasteiger partial charge in [0.2, 0.25) is 0 Å². The minimum absolute atomic E-state index is 0.117. The van der Waals surface area contributed by atoms with Crippen LogP contribution in [-0.4, -0.2) is 41.5 Å². The number of ether oxygens (including phenoxy) is 3. The fraction of sp³-hybridized carbons (Fsp3) is 0.148. The number of benzene rings is 3. The van der Waals surface area contributed by atoms with Crippen molar-refractivity contribution in [3.05, 3.63) is 120 Å². The highest BCUT2D eigenvalue weighted by molar-refractivity contribution is 9.09. The SMILES string of the molecule is C=C[C@@H](OC(=O)c1ccccc1)[C@H](OC(=O)c1ccccc1)[C@@H](CBr)OC(=O)c1ccccc1. The van der Waals surface area contributed by atoms with Gasteiger partial charge in [-0.25, -0.2) is 14.4 Å². The predicted octanol–water partition coefficient (Wildman–Crippen LogP) is 5.24. The Kier molecular flexibility index (Phi) is 9.17. The Balaban J connectivity index is 1.87. The number of carbonyl (C=O) groups excluding carboxylic acids is 3. The van der Waals surface area contributed by atoms with Crippen molar-refractivity contribution < 1.29 is 28.6 Å². The molecule has 0 radical (unpaired) electrons. The van der Waals surface area contributed by atoms with E-state index in [1.807, 2.05) is 0 Å². The van der Waals surface area contributed by atoms with Crippen LogP contribution in [0.4, 0.5) is 0 Å². The molecule has 6 nitrogen and oxygen atoms in total. The van der Waals surface area contributed by atoms with Gasteiger partial charge in [0.25, 0.3) is 0 Å². The third-order valence-electron chi connectivity index (χ3n) is 4.85. The van der Waals surface area contributed by atoms with Crippen LogP contribution in [0.2, 0.25) is 0 Å². The molecule has 34 heavy (non-hydrogen) atoms. The molecule has 0 aliphatic rings. The van der Waals surface area contributed by atoms with Crippen LogP contribution in [0.3, 0.4) is 0 Å². The predicted molar refractivity (Wildman–Crippen MR) is 131 cm³/mol. The maximum absolute atomic E-state index is 12.9. The summed E-state index contributed by atoms with van der Waals surface area (Å²) in [7, 11) is 0. The van der Waals surface area contributed by atoms with Crippen LogP contribution in [0.25, 0.3) is 0 Å². The first-order chi connectivity index (χ1) is 16.5. The van der Waals surface area contributed by atoms with Crippen LogP contribution in [0, 0.1) is 0 Å². The van der Waals surface area contributed by atoms with Crippen LogP contribution < -0.4 is 0 Å². The first-order valence-corrected chi connectivity index (χ1v) is 11.6. The maximum Gasteiger partial charge on any atom is 0.338 e. The Labute approximate surface area is 206 Å². The lowest BCUT2D eigenvalue weighted by molar-refractivity contribution is -0.0687. The van der Waals surface area contributed by atoms with E-state index < -0.39 is 36.2 Å². The van der Waals surface area contributed by atoms with Gasteiger partial charge in [0.05, 0.1) is 16.7 Å². The lowest BCUT2D eigenvalue weighted by Gasteiger charge is -2.30.